The molecule has 3 aliphatic heterocycles. The van der Waals surface area contributed by atoms with E-state index in [1.54, 1.807) is 4.90 Å². The van der Waals surface area contributed by atoms with E-state index in [0.717, 1.165) is 17.1 Å². The Morgan fingerprint density at radius 2 is 1.88 bits per heavy atom. The highest BCUT2D eigenvalue weighted by Gasteiger charge is 2.44. The molecule has 0 aliphatic carbocycles. The maximum Gasteiger partial charge on any atom is 0.252 e. The number of rotatable bonds is 2. The summed E-state index contributed by atoms with van der Waals surface area (Å²) in [5, 5.41) is 0.613. The molecule has 5 nitrogen and oxygen atoms in total. The van der Waals surface area contributed by atoms with Gasteiger partial charge in [0.25, 0.3) is 5.91 Å². The fourth-order valence-electron chi connectivity index (χ4n) is 3.74. The Labute approximate surface area is 150 Å². The van der Waals surface area contributed by atoms with E-state index in [4.69, 9.17) is 21.7 Å². The van der Waals surface area contributed by atoms with Crippen LogP contribution in [0.25, 0.3) is 0 Å². The SMILES string of the molecule is O=C1C2Cc3ccccc3CN2C(=S)N1Cc1ccc2c(c1)OCO2. The maximum atomic E-state index is 12.9. The fourth-order valence-corrected chi connectivity index (χ4v) is 4.09. The predicted molar refractivity (Wildman–Crippen MR) is 95.2 cm³/mol. The number of fused-ring (bicyclic) bond motifs is 3. The highest BCUT2D eigenvalue weighted by atomic mass is 32.1. The van der Waals surface area contributed by atoms with E-state index in [1.165, 1.54) is 11.1 Å². The monoisotopic (exact) mass is 352 g/mol. The van der Waals surface area contributed by atoms with Gasteiger partial charge in [-0.2, -0.15) is 0 Å². The largest absolute Gasteiger partial charge is 0.454 e. The van der Waals surface area contributed by atoms with Crippen molar-refractivity contribution in [3.05, 3.63) is 59.2 Å². The van der Waals surface area contributed by atoms with Crippen molar-refractivity contribution in [1.82, 2.24) is 9.80 Å². The van der Waals surface area contributed by atoms with E-state index in [0.29, 0.717) is 24.6 Å². The molecule has 0 radical (unpaired) electrons. The van der Waals surface area contributed by atoms with Gasteiger partial charge in [0.2, 0.25) is 6.79 Å². The smallest absolute Gasteiger partial charge is 0.252 e. The number of hydrogen-bond donors (Lipinski definition) is 0. The summed E-state index contributed by atoms with van der Waals surface area (Å²) in [6.45, 7) is 1.40. The number of carbonyl (C=O) groups is 1. The molecule has 3 aliphatic rings. The molecule has 0 saturated carbocycles. The topological polar surface area (TPSA) is 42.0 Å². The van der Waals surface area contributed by atoms with Crippen LogP contribution in [-0.4, -0.2) is 33.7 Å². The summed E-state index contributed by atoms with van der Waals surface area (Å²) in [5.74, 6) is 1.55. The minimum absolute atomic E-state index is 0.0807. The van der Waals surface area contributed by atoms with Gasteiger partial charge in [0.15, 0.2) is 16.6 Å². The zero-order valence-corrected chi connectivity index (χ0v) is 14.3. The van der Waals surface area contributed by atoms with Crippen molar-refractivity contribution in [1.29, 1.82) is 0 Å². The summed E-state index contributed by atoms with van der Waals surface area (Å²) < 4.78 is 10.8. The van der Waals surface area contributed by atoms with Gasteiger partial charge in [-0.05, 0) is 41.0 Å². The molecule has 1 unspecified atom stereocenters. The summed E-state index contributed by atoms with van der Waals surface area (Å²) in [5.41, 5.74) is 3.47. The highest BCUT2D eigenvalue weighted by Crippen LogP contribution is 2.34. The Hall–Kier alpha value is -2.60. The molecule has 1 saturated heterocycles. The van der Waals surface area contributed by atoms with Crippen molar-refractivity contribution in [3.8, 4) is 11.5 Å². The van der Waals surface area contributed by atoms with Gasteiger partial charge in [-0.25, -0.2) is 0 Å². The van der Waals surface area contributed by atoms with Gasteiger partial charge in [-0.3, -0.25) is 9.69 Å². The lowest BCUT2D eigenvalue weighted by Gasteiger charge is -2.30. The molecule has 1 fully saturated rings. The molecule has 126 valence electrons. The molecule has 2 aromatic carbocycles. The Kier molecular flexibility index (Phi) is 3.21. The lowest BCUT2D eigenvalue weighted by Crippen LogP contribution is -2.39. The average molecular weight is 352 g/mol. The average Bonchev–Trinajstić information content (AvgIpc) is 3.19. The zero-order valence-electron chi connectivity index (χ0n) is 13.5. The molecule has 5 rings (SSSR count). The minimum atomic E-state index is -0.184. The molecule has 0 N–H and O–H groups in total. The van der Waals surface area contributed by atoms with Crippen molar-refractivity contribution < 1.29 is 14.3 Å². The summed E-state index contributed by atoms with van der Waals surface area (Å²) in [7, 11) is 0. The number of ether oxygens (including phenoxy) is 2. The van der Waals surface area contributed by atoms with Crippen LogP contribution in [0.5, 0.6) is 11.5 Å². The summed E-state index contributed by atoms with van der Waals surface area (Å²) in [4.78, 5) is 16.7. The van der Waals surface area contributed by atoms with Gasteiger partial charge in [-0.15, -0.1) is 0 Å². The van der Waals surface area contributed by atoms with Crippen molar-refractivity contribution >= 4 is 23.2 Å². The summed E-state index contributed by atoms with van der Waals surface area (Å²) in [6.07, 6.45) is 0.715. The molecular weight excluding hydrogens is 336 g/mol. The number of amides is 1. The molecule has 1 atom stereocenters. The van der Waals surface area contributed by atoms with Crippen LogP contribution in [0.15, 0.2) is 42.5 Å². The molecule has 0 bridgehead atoms. The van der Waals surface area contributed by atoms with Crippen LogP contribution in [0.1, 0.15) is 16.7 Å². The van der Waals surface area contributed by atoms with Gasteiger partial charge < -0.3 is 14.4 Å². The Bertz CT molecular complexity index is 855. The zero-order chi connectivity index (χ0) is 17.0. The lowest BCUT2D eigenvalue weighted by molar-refractivity contribution is -0.128. The molecule has 1 amide bonds. The van der Waals surface area contributed by atoms with Crippen molar-refractivity contribution in [2.24, 2.45) is 0 Å². The third-order valence-corrected chi connectivity index (χ3v) is 5.51. The standard InChI is InChI=1S/C19H16N2O3S/c22-18-15-8-13-3-1-2-4-14(13)10-20(15)19(25)21(18)9-12-5-6-16-17(7-12)24-11-23-16/h1-7,15H,8-11H2. The molecule has 0 aromatic heterocycles. The normalized spacial score (nSPS) is 20.7. The fraction of sp³-hybridized carbons (Fsp3) is 0.263. The third-order valence-electron chi connectivity index (χ3n) is 5.05. The van der Waals surface area contributed by atoms with Crippen LogP contribution in [0.4, 0.5) is 0 Å². The first kappa shape index (κ1) is 14.7. The quantitative estimate of drug-likeness (QED) is 0.777. The van der Waals surface area contributed by atoms with E-state index in [9.17, 15) is 4.79 Å². The highest BCUT2D eigenvalue weighted by molar-refractivity contribution is 7.80. The van der Waals surface area contributed by atoms with Crippen LogP contribution >= 0.6 is 12.2 Å². The van der Waals surface area contributed by atoms with E-state index >= 15 is 0 Å². The summed E-state index contributed by atoms with van der Waals surface area (Å²) in [6, 6.07) is 13.8. The van der Waals surface area contributed by atoms with Crippen LogP contribution < -0.4 is 9.47 Å². The number of thiocarbonyl (C=S) groups is 1. The van der Waals surface area contributed by atoms with Gasteiger partial charge in [-0.1, -0.05) is 30.3 Å². The van der Waals surface area contributed by atoms with E-state index in [1.807, 2.05) is 35.2 Å². The molecule has 25 heavy (non-hydrogen) atoms. The summed E-state index contributed by atoms with van der Waals surface area (Å²) >= 11 is 5.62. The second-order valence-corrected chi connectivity index (χ2v) is 6.88. The van der Waals surface area contributed by atoms with E-state index in [-0.39, 0.29) is 18.7 Å². The Balaban J connectivity index is 1.41. The second-order valence-electron chi connectivity index (χ2n) is 6.51. The van der Waals surface area contributed by atoms with E-state index < -0.39 is 0 Å². The maximum absolute atomic E-state index is 12.9. The molecular formula is C19H16N2O3S. The first-order chi connectivity index (χ1) is 12.2. The van der Waals surface area contributed by atoms with Crippen LogP contribution in [0.3, 0.4) is 0 Å². The second kappa shape index (κ2) is 5.46. The van der Waals surface area contributed by atoms with Crippen LogP contribution in [0.2, 0.25) is 0 Å². The van der Waals surface area contributed by atoms with Crippen LogP contribution in [-0.2, 0) is 24.3 Å². The molecule has 6 heteroatoms. The lowest BCUT2D eigenvalue weighted by atomic mass is 9.95. The first-order valence-electron chi connectivity index (χ1n) is 8.28. The number of carbonyl (C=O) groups excluding carboxylic acids is 1. The van der Waals surface area contributed by atoms with E-state index in [2.05, 4.69) is 12.1 Å². The minimum Gasteiger partial charge on any atom is -0.454 e. The molecule has 0 spiro atoms. The first-order valence-corrected chi connectivity index (χ1v) is 8.69. The Morgan fingerprint density at radius 3 is 2.76 bits per heavy atom. The molecule has 2 aromatic rings. The third kappa shape index (κ3) is 2.28. The van der Waals surface area contributed by atoms with Crippen molar-refractivity contribution in [2.45, 2.75) is 25.6 Å². The number of hydrogen-bond acceptors (Lipinski definition) is 4. The molecule has 3 heterocycles. The predicted octanol–water partition coefficient (Wildman–Crippen LogP) is 2.47. The van der Waals surface area contributed by atoms with Gasteiger partial charge >= 0.3 is 0 Å². The number of benzene rings is 2. The van der Waals surface area contributed by atoms with Crippen molar-refractivity contribution in [2.75, 3.05) is 6.79 Å². The van der Waals surface area contributed by atoms with Gasteiger partial charge in [0, 0.05) is 13.0 Å². The van der Waals surface area contributed by atoms with Crippen LogP contribution in [0, 0.1) is 0 Å². The van der Waals surface area contributed by atoms with Gasteiger partial charge in [0.05, 0.1) is 6.54 Å². The van der Waals surface area contributed by atoms with Gasteiger partial charge in [0.1, 0.15) is 6.04 Å². The number of nitrogens with zero attached hydrogens (tertiary/aromatic N) is 2. The van der Waals surface area contributed by atoms with Crippen molar-refractivity contribution in [3.63, 3.8) is 0 Å². The Morgan fingerprint density at radius 1 is 1.08 bits per heavy atom.